The van der Waals surface area contributed by atoms with Gasteiger partial charge in [0.2, 0.25) is 5.16 Å². The molecule has 1 amide bonds. The van der Waals surface area contributed by atoms with Gasteiger partial charge in [-0.25, -0.2) is 19.9 Å². The molecule has 4 aromatic rings. The maximum absolute atomic E-state index is 12.4. The van der Waals surface area contributed by atoms with Crippen LogP contribution in [0.3, 0.4) is 0 Å². The van der Waals surface area contributed by atoms with Crippen molar-refractivity contribution < 1.29 is 13.7 Å². The molecule has 0 saturated heterocycles. The highest BCUT2D eigenvalue weighted by molar-refractivity contribution is 7.84. The van der Waals surface area contributed by atoms with Crippen LogP contribution in [0.2, 0.25) is 0 Å². The first-order valence-electron chi connectivity index (χ1n) is 10.3. The molecule has 1 aliphatic rings. The first-order valence-corrected chi connectivity index (χ1v) is 12.7. The molecular formula is C21H21N7O3S2. The third-order valence-electron chi connectivity index (χ3n) is 5.09. The van der Waals surface area contributed by atoms with Crippen molar-refractivity contribution in [1.82, 2.24) is 25.3 Å². The normalized spacial score (nSPS) is 14.4. The Labute approximate surface area is 195 Å². The molecule has 1 aliphatic heterocycles. The van der Waals surface area contributed by atoms with E-state index in [0.717, 1.165) is 21.3 Å². The summed E-state index contributed by atoms with van der Waals surface area (Å²) < 4.78 is 18.4. The summed E-state index contributed by atoms with van der Waals surface area (Å²) in [5.41, 5.74) is 2.92. The standard InChI is InChI=1S/C21H21N7O3S2/c1-3-31-10-11-8-25-21(33(2)30)28-19(11)27-14-9-24-16-12(26-14)4-5-13-15(16)17-18(32-13)20(29)23-7-6-22-17/h4-5,8-9,22H,3,6-7,10H2,1-2H3,(H,23,29)(H,25,26,27,28). The lowest BCUT2D eigenvalue weighted by Gasteiger charge is -2.12. The van der Waals surface area contributed by atoms with E-state index in [9.17, 15) is 9.00 Å². The number of amides is 1. The van der Waals surface area contributed by atoms with Crippen LogP contribution >= 0.6 is 11.3 Å². The summed E-state index contributed by atoms with van der Waals surface area (Å²) in [5, 5.41) is 10.5. The van der Waals surface area contributed by atoms with Crippen LogP contribution in [0.5, 0.6) is 0 Å². The number of aromatic nitrogens is 4. The van der Waals surface area contributed by atoms with Crippen molar-refractivity contribution in [2.24, 2.45) is 0 Å². The average Bonchev–Trinajstić information content (AvgIpc) is 3.10. The highest BCUT2D eigenvalue weighted by Crippen LogP contribution is 2.40. The number of hydrogen-bond acceptors (Lipinski definition) is 10. The number of hydrogen-bond donors (Lipinski definition) is 3. The van der Waals surface area contributed by atoms with Crippen molar-refractivity contribution >= 4 is 66.5 Å². The van der Waals surface area contributed by atoms with Crippen LogP contribution in [-0.4, -0.2) is 56.0 Å². The first kappa shape index (κ1) is 21.6. The fraction of sp³-hybridized carbons (Fsp3) is 0.286. The Bertz CT molecular complexity index is 1410. The van der Waals surface area contributed by atoms with Crippen molar-refractivity contribution in [2.75, 3.05) is 36.6 Å². The molecule has 10 nitrogen and oxygen atoms in total. The molecule has 0 fully saturated rings. The summed E-state index contributed by atoms with van der Waals surface area (Å²) in [5.74, 6) is 0.879. The Morgan fingerprint density at radius 2 is 2.03 bits per heavy atom. The quantitative estimate of drug-likeness (QED) is 0.354. The minimum atomic E-state index is -1.33. The topological polar surface area (TPSA) is 131 Å². The Balaban J connectivity index is 1.56. The molecule has 1 atom stereocenters. The summed E-state index contributed by atoms with van der Waals surface area (Å²) in [6.45, 7) is 3.98. The van der Waals surface area contributed by atoms with Crippen LogP contribution in [0.4, 0.5) is 17.3 Å². The van der Waals surface area contributed by atoms with Crippen LogP contribution in [0.15, 0.2) is 29.7 Å². The molecule has 5 rings (SSSR count). The molecule has 1 unspecified atom stereocenters. The van der Waals surface area contributed by atoms with Crippen LogP contribution in [0.1, 0.15) is 22.2 Å². The molecule has 4 heterocycles. The first-order chi connectivity index (χ1) is 16.0. The van der Waals surface area contributed by atoms with Gasteiger partial charge in [-0.1, -0.05) is 0 Å². The molecule has 0 aliphatic carbocycles. The van der Waals surface area contributed by atoms with E-state index in [1.807, 2.05) is 19.1 Å². The fourth-order valence-corrected chi connectivity index (χ4v) is 5.10. The minimum Gasteiger partial charge on any atom is -0.381 e. The van der Waals surface area contributed by atoms with Gasteiger partial charge in [0.25, 0.3) is 5.91 Å². The summed E-state index contributed by atoms with van der Waals surface area (Å²) in [4.78, 5) is 31.0. The van der Waals surface area contributed by atoms with E-state index in [4.69, 9.17) is 9.72 Å². The van der Waals surface area contributed by atoms with Gasteiger partial charge in [-0.2, -0.15) is 0 Å². The van der Waals surface area contributed by atoms with E-state index in [1.165, 1.54) is 17.6 Å². The highest BCUT2D eigenvalue weighted by Gasteiger charge is 2.23. The summed E-state index contributed by atoms with van der Waals surface area (Å²) >= 11 is 1.44. The number of benzene rings is 1. The average molecular weight is 484 g/mol. The SMILES string of the molecule is CCOCc1cnc(S(C)=O)nc1Nc1cnc2c(ccc3sc4c(c32)NCCNC4=O)n1. The van der Waals surface area contributed by atoms with Gasteiger partial charge in [0.1, 0.15) is 10.7 Å². The van der Waals surface area contributed by atoms with Crippen molar-refractivity contribution in [3.8, 4) is 0 Å². The van der Waals surface area contributed by atoms with Crippen LogP contribution in [0, 0.1) is 0 Å². The number of thiophene rings is 1. The lowest BCUT2D eigenvalue weighted by molar-refractivity contribution is 0.0962. The monoisotopic (exact) mass is 483 g/mol. The Morgan fingerprint density at radius 3 is 2.85 bits per heavy atom. The second-order valence-electron chi connectivity index (χ2n) is 7.29. The van der Waals surface area contributed by atoms with Gasteiger partial charge in [0, 0.05) is 47.8 Å². The zero-order valence-electron chi connectivity index (χ0n) is 18.0. The third-order valence-corrected chi connectivity index (χ3v) is 6.96. The van der Waals surface area contributed by atoms with Crippen molar-refractivity contribution in [3.05, 3.63) is 35.0 Å². The second-order valence-corrected chi connectivity index (χ2v) is 9.62. The zero-order chi connectivity index (χ0) is 22.9. The predicted molar refractivity (Wildman–Crippen MR) is 129 cm³/mol. The van der Waals surface area contributed by atoms with Crippen LogP contribution < -0.4 is 16.0 Å². The molecule has 1 aromatic carbocycles. The van der Waals surface area contributed by atoms with Gasteiger partial charge >= 0.3 is 0 Å². The second kappa shape index (κ2) is 8.96. The molecular weight excluding hydrogens is 462 g/mol. The molecule has 12 heteroatoms. The smallest absolute Gasteiger partial charge is 0.263 e. The van der Waals surface area contributed by atoms with Crippen molar-refractivity contribution in [2.45, 2.75) is 18.7 Å². The molecule has 0 saturated carbocycles. The van der Waals surface area contributed by atoms with Gasteiger partial charge in [-0.3, -0.25) is 9.00 Å². The van der Waals surface area contributed by atoms with Gasteiger partial charge in [-0.15, -0.1) is 11.3 Å². The number of carbonyl (C=O) groups excluding carboxylic acids is 1. The molecule has 0 radical (unpaired) electrons. The molecule has 3 N–H and O–H groups in total. The maximum Gasteiger partial charge on any atom is 0.263 e. The number of rotatable bonds is 6. The molecule has 3 aromatic heterocycles. The molecule has 170 valence electrons. The number of fused-ring (bicyclic) bond motifs is 5. The Kier molecular flexibility index (Phi) is 5.87. The van der Waals surface area contributed by atoms with E-state index in [0.29, 0.717) is 53.8 Å². The fourth-order valence-electron chi connectivity index (χ4n) is 3.58. The number of carbonyl (C=O) groups is 1. The van der Waals surface area contributed by atoms with Crippen molar-refractivity contribution in [1.29, 1.82) is 0 Å². The Morgan fingerprint density at radius 1 is 1.18 bits per heavy atom. The van der Waals surface area contributed by atoms with Crippen molar-refractivity contribution in [3.63, 3.8) is 0 Å². The highest BCUT2D eigenvalue weighted by atomic mass is 32.2. The van der Waals surface area contributed by atoms with Gasteiger partial charge in [-0.05, 0) is 19.1 Å². The summed E-state index contributed by atoms with van der Waals surface area (Å²) in [6.07, 6.45) is 4.76. The number of nitrogens with one attached hydrogen (secondary N) is 3. The summed E-state index contributed by atoms with van der Waals surface area (Å²) in [6, 6.07) is 3.84. The number of ether oxygens (including phenoxy) is 1. The predicted octanol–water partition coefficient (Wildman–Crippen LogP) is 2.81. The summed E-state index contributed by atoms with van der Waals surface area (Å²) in [7, 11) is -1.33. The third kappa shape index (κ3) is 4.12. The largest absolute Gasteiger partial charge is 0.381 e. The minimum absolute atomic E-state index is 0.0784. The van der Waals surface area contributed by atoms with Gasteiger partial charge in [0.05, 0.1) is 40.3 Å². The molecule has 33 heavy (non-hydrogen) atoms. The lowest BCUT2D eigenvalue weighted by atomic mass is 10.1. The van der Waals surface area contributed by atoms with E-state index in [2.05, 4.69) is 30.9 Å². The lowest BCUT2D eigenvalue weighted by Crippen LogP contribution is -2.24. The van der Waals surface area contributed by atoms with E-state index in [1.54, 1.807) is 12.4 Å². The van der Waals surface area contributed by atoms with Crippen LogP contribution in [0.25, 0.3) is 21.1 Å². The van der Waals surface area contributed by atoms with E-state index < -0.39 is 10.8 Å². The van der Waals surface area contributed by atoms with Gasteiger partial charge in [0.15, 0.2) is 5.82 Å². The van der Waals surface area contributed by atoms with Gasteiger partial charge < -0.3 is 20.7 Å². The van der Waals surface area contributed by atoms with E-state index >= 15 is 0 Å². The maximum atomic E-state index is 12.4. The zero-order valence-corrected chi connectivity index (χ0v) is 19.6. The number of nitrogens with zero attached hydrogens (tertiary/aromatic N) is 4. The number of anilines is 3. The molecule has 0 bridgehead atoms. The van der Waals surface area contributed by atoms with E-state index in [-0.39, 0.29) is 11.1 Å². The Hall–Kier alpha value is -3.22. The van der Waals surface area contributed by atoms with Crippen LogP contribution in [-0.2, 0) is 22.1 Å². The molecule has 0 spiro atoms.